The van der Waals surface area contributed by atoms with Gasteiger partial charge in [0.1, 0.15) is 0 Å². The molecule has 1 heterocycles. The van der Waals surface area contributed by atoms with Crippen molar-refractivity contribution in [1.82, 2.24) is 10.2 Å². The number of benzene rings is 1. The summed E-state index contributed by atoms with van der Waals surface area (Å²) in [7, 11) is 0. The molecule has 1 fully saturated rings. The van der Waals surface area contributed by atoms with E-state index in [1.165, 1.54) is 6.07 Å². The number of nitrogens with zero attached hydrogens (tertiary/aromatic N) is 2. The number of piperazine rings is 1. The van der Waals surface area contributed by atoms with Crippen molar-refractivity contribution in [2.75, 3.05) is 13.1 Å². The van der Waals surface area contributed by atoms with Gasteiger partial charge < -0.3 is 5.32 Å². The molecule has 5 nitrogen and oxygen atoms in total. The van der Waals surface area contributed by atoms with Crippen molar-refractivity contribution in [3.05, 3.63) is 38.9 Å². The van der Waals surface area contributed by atoms with E-state index in [0.717, 1.165) is 13.1 Å². The summed E-state index contributed by atoms with van der Waals surface area (Å²) in [6.45, 7) is 6.57. The standard InChI is InChI=1S/C13H18ClN3O2.ClH/c1-9-6-16(7-10(2)15-9)8-11-5-12(14)3-4-13(11)17(18)19;/h3-5,9-10,15H,6-8H2,1-2H3;1H. The average Bonchev–Trinajstić information content (AvgIpc) is 2.26. The topological polar surface area (TPSA) is 58.4 Å². The van der Waals surface area contributed by atoms with Gasteiger partial charge in [0.05, 0.1) is 4.92 Å². The van der Waals surface area contributed by atoms with Crippen LogP contribution in [0, 0.1) is 10.1 Å². The first-order chi connectivity index (χ1) is 8.95. The maximum Gasteiger partial charge on any atom is 0.273 e. The summed E-state index contributed by atoms with van der Waals surface area (Å²) in [5.41, 5.74) is 0.821. The van der Waals surface area contributed by atoms with E-state index in [4.69, 9.17) is 11.6 Å². The molecule has 1 aromatic rings. The van der Waals surface area contributed by atoms with Crippen LogP contribution in [0.25, 0.3) is 0 Å². The molecule has 1 aliphatic heterocycles. The highest BCUT2D eigenvalue weighted by molar-refractivity contribution is 6.30. The molecule has 1 aromatic carbocycles. The van der Waals surface area contributed by atoms with Crippen molar-refractivity contribution < 1.29 is 4.92 Å². The Balaban J connectivity index is 0.00000200. The zero-order valence-electron chi connectivity index (χ0n) is 11.5. The summed E-state index contributed by atoms with van der Waals surface area (Å²) >= 11 is 5.94. The molecule has 1 N–H and O–H groups in total. The highest BCUT2D eigenvalue weighted by Crippen LogP contribution is 2.24. The van der Waals surface area contributed by atoms with Gasteiger partial charge in [-0.3, -0.25) is 15.0 Å². The molecule has 0 aromatic heterocycles. The molecule has 112 valence electrons. The van der Waals surface area contributed by atoms with Crippen LogP contribution >= 0.6 is 24.0 Å². The summed E-state index contributed by atoms with van der Waals surface area (Å²) in [5, 5.41) is 15.0. The van der Waals surface area contributed by atoms with Crippen LogP contribution in [0.2, 0.25) is 5.02 Å². The van der Waals surface area contributed by atoms with Gasteiger partial charge in [-0.2, -0.15) is 0 Å². The van der Waals surface area contributed by atoms with Crippen LogP contribution in [0.15, 0.2) is 18.2 Å². The Morgan fingerprint density at radius 1 is 1.40 bits per heavy atom. The normalized spacial score (nSPS) is 23.1. The summed E-state index contributed by atoms with van der Waals surface area (Å²) in [6.07, 6.45) is 0. The fraction of sp³-hybridized carbons (Fsp3) is 0.538. The van der Waals surface area contributed by atoms with E-state index in [1.807, 2.05) is 0 Å². The maximum absolute atomic E-state index is 11.0. The van der Waals surface area contributed by atoms with E-state index in [1.54, 1.807) is 12.1 Å². The average molecular weight is 320 g/mol. The first kappa shape index (κ1) is 17.2. The van der Waals surface area contributed by atoms with Crippen LogP contribution in [0.3, 0.4) is 0 Å². The molecule has 0 bridgehead atoms. The van der Waals surface area contributed by atoms with E-state index in [-0.39, 0.29) is 23.0 Å². The largest absolute Gasteiger partial charge is 0.309 e. The molecule has 0 spiro atoms. The monoisotopic (exact) mass is 319 g/mol. The van der Waals surface area contributed by atoms with Crippen molar-refractivity contribution in [2.45, 2.75) is 32.5 Å². The molecule has 20 heavy (non-hydrogen) atoms. The number of hydrogen-bond donors (Lipinski definition) is 1. The van der Waals surface area contributed by atoms with Crippen molar-refractivity contribution >= 4 is 29.7 Å². The molecule has 2 rings (SSSR count). The Kier molecular flexibility index (Phi) is 6.20. The van der Waals surface area contributed by atoms with Gasteiger partial charge in [-0.15, -0.1) is 12.4 Å². The number of nitro benzene ring substituents is 1. The molecule has 0 saturated carbocycles. The van der Waals surface area contributed by atoms with Crippen LogP contribution < -0.4 is 5.32 Å². The second-order valence-electron chi connectivity index (χ2n) is 5.19. The first-order valence-electron chi connectivity index (χ1n) is 6.37. The maximum atomic E-state index is 11.0. The number of hydrogen-bond acceptors (Lipinski definition) is 4. The minimum Gasteiger partial charge on any atom is -0.309 e. The predicted octanol–water partition coefficient (Wildman–Crippen LogP) is 2.85. The molecule has 0 radical (unpaired) electrons. The zero-order chi connectivity index (χ0) is 14.0. The smallest absolute Gasteiger partial charge is 0.273 e. The van der Waals surface area contributed by atoms with E-state index in [9.17, 15) is 10.1 Å². The van der Waals surface area contributed by atoms with Gasteiger partial charge in [0.2, 0.25) is 0 Å². The van der Waals surface area contributed by atoms with E-state index < -0.39 is 0 Å². The van der Waals surface area contributed by atoms with Crippen LogP contribution in [-0.2, 0) is 6.54 Å². The van der Waals surface area contributed by atoms with Gasteiger partial charge in [-0.25, -0.2) is 0 Å². The Morgan fingerprint density at radius 2 is 2.00 bits per heavy atom. The third-order valence-electron chi connectivity index (χ3n) is 3.27. The lowest BCUT2D eigenvalue weighted by Gasteiger charge is -2.36. The first-order valence-corrected chi connectivity index (χ1v) is 6.74. The van der Waals surface area contributed by atoms with Gasteiger partial charge in [0, 0.05) is 48.4 Å². The number of nitrogens with one attached hydrogen (secondary N) is 1. The molecule has 7 heteroatoms. The zero-order valence-corrected chi connectivity index (χ0v) is 13.1. The number of rotatable bonds is 3. The number of nitro groups is 1. The Bertz CT molecular complexity index is 475. The third kappa shape index (κ3) is 4.31. The molecule has 2 atom stereocenters. The Labute approximate surface area is 129 Å². The lowest BCUT2D eigenvalue weighted by molar-refractivity contribution is -0.385. The predicted molar refractivity (Wildman–Crippen MR) is 82.7 cm³/mol. The van der Waals surface area contributed by atoms with Crippen LogP contribution in [-0.4, -0.2) is 35.0 Å². The molecule has 1 saturated heterocycles. The highest BCUT2D eigenvalue weighted by Gasteiger charge is 2.23. The van der Waals surface area contributed by atoms with Crippen LogP contribution in [0.4, 0.5) is 5.69 Å². The summed E-state index contributed by atoms with van der Waals surface area (Å²) in [5.74, 6) is 0. The van der Waals surface area contributed by atoms with Crippen LogP contribution in [0.1, 0.15) is 19.4 Å². The fourth-order valence-corrected chi connectivity index (χ4v) is 2.86. The van der Waals surface area contributed by atoms with Gasteiger partial charge in [-0.05, 0) is 26.0 Å². The van der Waals surface area contributed by atoms with Gasteiger partial charge in [0.25, 0.3) is 5.69 Å². The number of halogens is 2. The molecule has 0 aliphatic carbocycles. The third-order valence-corrected chi connectivity index (χ3v) is 3.50. The Hall–Kier alpha value is -0.880. The van der Waals surface area contributed by atoms with Crippen molar-refractivity contribution in [2.24, 2.45) is 0 Å². The van der Waals surface area contributed by atoms with E-state index >= 15 is 0 Å². The minimum atomic E-state index is -0.347. The molecular weight excluding hydrogens is 301 g/mol. The lowest BCUT2D eigenvalue weighted by atomic mass is 10.1. The minimum absolute atomic E-state index is 0. The highest BCUT2D eigenvalue weighted by atomic mass is 35.5. The van der Waals surface area contributed by atoms with Crippen molar-refractivity contribution in [3.8, 4) is 0 Å². The molecule has 1 aliphatic rings. The molecule has 0 amide bonds. The van der Waals surface area contributed by atoms with E-state index in [0.29, 0.717) is 29.2 Å². The van der Waals surface area contributed by atoms with E-state index in [2.05, 4.69) is 24.1 Å². The lowest BCUT2D eigenvalue weighted by Crippen LogP contribution is -2.53. The van der Waals surface area contributed by atoms with Crippen LogP contribution in [0.5, 0.6) is 0 Å². The SMILES string of the molecule is CC1CN(Cc2cc(Cl)ccc2[N+](=O)[O-])CC(C)N1.Cl. The summed E-state index contributed by atoms with van der Waals surface area (Å²) in [4.78, 5) is 12.9. The van der Waals surface area contributed by atoms with Gasteiger partial charge in [-0.1, -0.05) is 11.6 Å². The fourth-order valence-electron chi connectivity index (χ4n) is 2.67. The second kappa shape index (κ2) is 7.22. The molecule has 2 unspecified atom stereocenters. The van der Waals surface area contributed by atoms with Crippen molar-refractivity contribution in [1.29, 1.82) is 0 Å². The van der Waals surface area contributed by atoms with Gasteiger partial charge in [0.15, 0.2) is 0 Å². The second-order valence-corrected chi connectivity index (χ2v) is 5.63. The van der Waals surface area contributed by atoms with Gasteiger partial charge >= 0.3 is 0 Å². The Morgan fingerprint density at radius 3 is 2.55 bits per heavy atom. The quantitative estimate of drug-likeness (QED) is 0.687. The van der Waals surface area contributed by atoms with Crippen molar-refractivity contribution in [3.63, 3.8) is 0 Å². The summed E-state index contributed by atoms with van der Waals surface area (Å²) in [6, 6.07) is 5.51. The molecular formula is C13H19Cl2N3O2. The summed E-state index contributed by atoms with van der Waals surface area (Å²) < 4.78 is 0.